The summed E-state index contributed by atoms with van der Waals surface area (Å²) in [6.45, 7) is 2.47. The molecule has 0 radical (unpaired) electrons. The predicted molar refractivity (Wildman–Crippen MR) is 120 cm³/mol. The number of rotatable bonds is 5. The Morgan fingerprint density at radius 1 is 0.968 bits per heavy atom. The Balaban J connectivity index is 1.36. The molecule has 3 aliphatic rings. The third kappa shape index (κ3) is 4.14. The minimum Gasteiger partial charge on any atom is -0.372 e. The number of carbonyl (C=O) groups is 3. The quantitative estimate of drug-likeness (QED) is 0.678. The second-order valence-corrected chi connectivity index (χ2v) is 9.29. The molecule has 4 amide bonds. The molecule has 4 rings (SSSR count). The number of piperidine rings is 1. The van der Waals surface area contributed by atoms with Crippen LogP contribution in [0.3, 0.4) is 0 Å². The highest BCUT2D eigenvalue weighted by Gasteiger charge is 2.55. The van der Waals surface area contributed by atoms with Crippen molar-refractivity contribution >= 4 is 23.5 Å². The fourth-order valence-corrected chi connectivity index (χ4v) is 5.25. The molecule has 3 fully saturated rings. The number of carbonyl (C=O) groups excluding carboxylic acids is 3. The van der Waals surface area contributed by atoms with Crippen LogP contribution in [0.2, 0.25) is 0 Å². The molecule has 2 aliphatic heterocycles. The van der Waals surface area contributed by atoms with Gasteiger partial charge >= 0.3 is 6.03 Å². The molecule has 7 nitrogen and oxygen atoms in total. The summed E-state index contributed by atoms with van der Waals surface area (Å²) in [5, 5.41) is 0. The van der Waals surface area contributed by atoms with Gasteiger partial charge in [-0.2, -0.15) is 0 Å². The first-order valence-electron chi connectivity index (χ1n) is 11.6. The molecule has 1 spiro atoms. The lowest BCUT2D eigenvalue weighted by Gasteiger charge is -2.35. The van der Waals surface area contributed by atoms with Crippen molar-refractivity contribution in [2.75, 3.05) is 38.6 Å². The van der Waals surface area contributed by atoms with E-state index in [4.69, 9.17) is 0 Å². The third-order valence-corrected chi connectivity index (χ3v) is 7.28. The Kier molecular flexibility index (Phi) is 6.21. The van der Waals surface area contributed by atoms with Gasteiger partial charge in [0.1, 0.15) is 12.1 Å². The summed E-state index contributed by atoms with van der Waals surface area (Å²) in [5.41, 5.74) is 1.53. The Morgan fingerprint density at radius 3 is 2.23 bits per heavy atom. The molecule has 2 heterocycles. The molecule has 168 valence electrons. The number of hydrogen-bond acceptors (Lipinski definition) is 4. The molecule has 1 aliphatic carbocycles. The van der Waals surface area contributed by atoms with E-state index in [1.165, 1.54) is 24.9 Å². The van der Waals surface area contributed by atoms with Gasteiger partial charge in [-0.05, 0) is 49.8 Å². The number of amides is 4. The SMILES string of the molecule is CN(Cc1ccc(N2CCCCC2)cc1)C(=O)CN1C(=O)N(C)C2(CCCCC2)C1=O. The maximum absolute atomic E-state index is 13.1. The molecule has 0 N–H and O–H groups in total. The van der Waals surface area contributed by atoms with Crippen molar-refractivity contribution in [1.82, 2.24) is 14.7 Å². The topological polar surface area (TPSA) is 64.2 Å². The molecular weight excluding hydrogens is 392 g/mol. The van der Waals surface area contributed by atoms with Crippen molar-refractivity contribution in [3.8, 4) is 0 Å². The largest absolute Gasteiger partial charge is 0.372 e. The van der Waals surface area contributed by atoms with Gasteiger partial charge in [-0.1, -0.05) is 31.4 Å². The molecule has 2 saturated heterocycles. The lowest BCUT2D eigenvalue weighted by molar-refractivity contribution is -0.140. The van der Waals surface area contributed by atoms with Gasteiger partial charge in [-0.15, -0.1) is 0 Å². The minimum absolute atomic E-state index is 0.188. The van der Waals surface area contributed by atoms with Crippen molar-refractivity contribution in [1.29, 1.82) is 0 Å². The van der Waals surface area contributed by atoms with Gasteiger partial charge in [0.25, 0.3) is 5.91 Å². The summed E-state index contributed by atoms with van der Waals surface area (Å²) in [7, 11) is 3.43. The smallest absolute Gasteiger partial charge is 0.327 e. The first-order valence-corrected chi connectivity index (χ1v) is 11.6. The number of imide groups is 1. The minimum atomic E-state index is -0.738. The lowest BCUT2D eigenvalue weighted by atomic mass is 9.81. The second-order valence-electron chi connectivity index (χ2n) is 9.29. The van der Waals surface area contributed by atoms with Gasteiger partial charge in [0.05, 0.1) is 0 Å². The molecule has 0 aromatic heterocycles. The number of hydrogen-bond donors (Lipinski definition) is 0. The fraction of sp³-hybridized carbons (Fsp3) is 0.625. The zero-order valence-corrected chi connectivity index (χ0v) is 18.8. The number of nitrogens with zero attached hydrogens (tertiary/aromatic N) is 4. The zero-order valence-electron chi connectivity index (χ0n) is 18.8. The van der Waals surface area contributed by atoms with Gasteiger partial charge in [0, 0.05) is 39.4 Å². The molecule has 0 bridgehead atoms. The molecule has 0 unspecified atom stereocenters. The number of likely N-dealkylation sites (N-methyl/N-ethyl adjacent to an activating group) is 2. The van der Waals surface area contributed by atoms with Crippen LogP contribution in [-0.2, 0) is 16.1 Å². The Bertz CT molecular complexity index is 826. The van der Waals surface area contributed by atoms with E-state index in [0.717, 1.165) is 42.8 Å². The molecule has 1 aromatic rings. The average molecular weight is 427 g/mol. The maximum atomic E-state index is 13.1. The van der Waals surface area contributed by atoms with E-state index in [2.05, 4.69) is 29.2 Å². The summed E-state index contributed by atoms with van der Waals surface area (Å²) in [6, 6.07) is 8.01. The summed E-state index contributed by atoms with van der Waals surface area (Å²) in [5.74, 6) is -0.421. The van der Waals surface area contributed by atoms with Crippen LogP contribution in [0.4, 0.5) is 10.5 Å². The third-order valence-electron chi connectivity index (χ3n) is 7.28. The van der Waals surface area contributed by atoms with Crippen LogP contribution >= 0.6 is 0 Å². The van der Waals surface area contributed by atoms with Crippen LogP contribution in [0.5, 0.6) is 0 Å². The van der Waals surface area contributed by atoms with E-state index in [1.807, 2.05) is 0 Å². The van der Waals surface area contributed by atoms with E-state index in [1.54, 1.807) is 23.9 Å². The van der Waals surface area contributed by atoms with Crippen molar-refractivity contribution < 1.29 is 14.4 Å². The summed E-state index contributed by atoms with van der Waals surface area (Å²) < 4.78 is 0. The maximum Gasteiger partial charge on any atom is 0.327 e. The van der Waals surface area contributed by atoms with Gasteiger partial charge in [0.2, 0.25) is 5.91 Å². The molecular formula is C24H34N4O3. The lowest BCUT2D eigenvalue weighted by Crippen LogP contribution is -2.49. The molecule has 7 heteroatoms. The summed E-state index contributed by atoms with van der Waals surface area (Å²) in [6.07, 6.45) is 8.15. The van der Waals surface area contributed by atoms with Crippen LogP contribution in [0.1, 0.15) is 56.9 Å². The Morgan fingerprint density at radius 2 is 1.58 bits per heavy atom. The van der Waals surface area contributed by atoms with Crippen molar-refractivity contribution in [3.05, 3.63) is 29.8 Å². The summed E-state index contributed by atoms with van der Waals surface area (Å²) >= 11 is 0. The van der Waals surface area contributed by atoms with Crippen molar-refractivity contribution in [2.24, 2.45) is 0 Å². The van der Waals surface area contributed by atoms with Crippen molar-refractivity contribution in [3.63, 3.8) is 0 Å². The van der Waals surface area contributed by atoms with Crippen LogP contribution in [0.15, 0.2) is 24.3 Å². The summed E-state index contributed by atoms with van der Waals surface area (Å²) in [4.78, 5) is 45.4. The van der Waals surface area contributed by atoms with Crippen LogP contribution in [0.25, 0.3) is 0 Å². The predicted octanol–water partition coefficient (Wildman–Crippen LogP) is 3.23. The van der Waals surface area contributed by atoms with E-state index in [0.29, 0.717) is 19.4 Å². The van der Waals surface area contributed by atoms with Gasteiger partial charge < -0.3 is 14.7 Å². The second kappa shape index (κ2) is 8.89. The Labute approximate surface area is 185 Å². The first-order chi connectivity index (χ1) is 14.9. The van der Waals surface area contributed by atoms with Gasteiger partial charge in [0.15, 0.2) is 0 Å². The highest BCUT2D eigenvalue weighted by molar-refractivity contribution is 6.08. The van der Waals surface area contributed by atoms with Crippen LogP contribution < -0.4 is 4.90 Å². The highest BCUT2D eigenvalue weighted by atomic mass is 16.2. The molecule has 0 atom stereocenters. The van der Waals surface area contributed by atoms with E-state index >= 15 is 0 Å². The standard InChI is InChI=1S/C24H34N4O3/c1-25(17-19-9-11-20(12-10-19)27-15-7-4-8-16-27)21(29)18-28-22(30)24(26(2)23(28)31)13-5-3-6-14-24/h9-12H,3-8,13-18H2,1-2H3. The number of urea groups is 1. The van der Waals surface area contributed by atoms with Gasteiger partial charge in [-0.3, -0.25) is 14.5 Å². The van der Waals surface area contributed by atoms with Gasteiger partial charge in [-0.25, -0.2) is 4.79 Å². The van der Waals surface area contributed by atoms with Crippen molar-refractivity contribution in [2.45, 2.75) is 63.5 Å². The first kappa shape index (κ1) is 21.7. The van der Waals surface area contributed by atoms with Crippen LogP contribution in [0, 0.1) is 0 Å². The van der Waals surface area contributed by atoms with E-state index in [-0.39, 0.29) is 24.4 Å². The van der Waals surface area contributed by atoms with E-state index in [9.17, 15) is 14.4 Å². The Hall–Kier alpha value is -2.57. The molecule has 31 heavy (non-hydrogen) atoms. The average Bonchev–Trinajstić information content (AvgIpc) is 2.97. The van der Waals surface area contributed by atoms with Crippen LogP contribution in [-0.4, -0.2) is 71.8 Å². The molecule has 1 aromatic carbocycles. The highest BCUT2D eigenvalue weighted by Crippen LogP contribution is 2.39. The van der Waals surface area contributed by atoms with E-state index < -0.39 is 5.54 Å². The molecule has 1 saturated carbocycles. The number of anilines is 1. The number of benzene rings is 1. The fourth-order valence-electron chi connectivity index (χ4n) is 5.25. The zero-order chi connectivity index (χ0) is 22.0. The normalized spacial score (nSPS) is 21.2. The monoisotopic (exact) mass is 426 g/mol.